The van der Waals surface area contributed by atoms with Crippen LogP contribution in [0.15, 0.2) is 67.0 Å². The Hall–Kier alpha value is -1.73. The Labute approximate surface area is 193 Å². The van der Waals surface area contributed by atoms with Gasteiger partial charge in [0.05, 0.1) is 21.1 Å². The van der Waals surface area contributed by atoms with Gasteiger partial charge in [-0.1, -0.05) is 53.5 Å². The van der Waals surface area contributed by atoms with Crippen LogP contribution in [0, 0.1) is 0 Å². The number of fused-ring (bicyclic) bond motifs is 3. The zero-order chi connectivity index (χ0) is 18.5. The number of halogens is 2. The first-order valence-electron chi connectivity index (χ1n) is 7.77. The molecule has 0 atom stereocenters. The summed E-state index contributed by atoms with van der Waals surface area (Å²) in [5.41, 5.74) is 2.54. The molecule has 0 fully saturated rings. The fourth-order valence-corrected chi connectivity index (χ4v) is 2.82. The topological polar surface area (TPSA) is 97.4 Å². The number of aliphatic carboxylic acids is 1. The van der Waals surface area contributed by atoms with E-state index < -0.39 is 5.97 Å². The first-order valence-corrected chi connectivity index (χ1v) is 8.52. The van der Waals surface area contributed by atoms with Crippen LogP contribution in [0.5, 0.6) is 0 Å². The van der Waals surface area contributed by atoms with Crippen LogP contribution >= 0.6 is 23.2 Å². The van der Waals surface area contributed by atoms with Gasteiger partial charge >= 0.3 is 29.6 Å². The summed E-state index contributed by atoms with van der Waals surface area (Å²) < 4.78 is 0. The summed E-state index contributed by atoms with van der Waals surface area (Å²) >= 11 is 11.3. The summed E-state index contributed by atoms with van der Waals surface area (Å²) in [5, 5.41) is 13.2. The maximum Gasteiger partial charge on any atom is 1.00 e. The number of carboxylic acids is 1. The summed E-state index contributed by atoms with van der Waals surface area (Å²) in [6.45, 7) is 0. The molecule has 2 aromatic heterocycles. The number of hydrogen-bond donors (Lipinski definition) is 0. The van der Waals surface area contributed by atoms with Gasteiger partial charge in [0.15, 0.2) is 0 Å². The quantitative estimate of drug-likeness (QED) is 0.340. The fraction of sp³-hybridized carbons (Fsp3) is 0.0500. The number of hydrogen-bond acceptors (Lipinski definition) is 4. The molecule has 138 valence electrons. The van der Waals surface area contributed by atoms with Gasteiger partial charge in [-0.2, -0.15) is 0 Å². The van der Waals surface area contributed by atoms with E-state index in [0.717, 1.165) is 21.8 Å². The van der Waals surface area contributed by atoms with E-state index in [0.29, 0.717) is 15.6 Å². The number of pyridine rings is 2. The van der Waals surface area contributed by atoms with Gasteiger partial charge in [-0.25, -0.2) is 0 Å². The van der Waals surface area contributed by atoms with Gasteiger partial charge in [0.2, 0.25) is 0 Å². The molecule has 2 N–H and O–H groups in total. The van der Waals surface area contributed by atoms with Crippen LogP contribution in [0.2, 0.25) is 10.0 Å². The van der Waals surface area contributed by atoms with Crippen LogP contribution in [0.1, 0.15) is 5.56 Å². The van der Waals surface area contributed by atoms with Gasteiger partial charge in [-0.15, -0.1) is 0 Å². The SMILES string of the molecule is O.O=C([O-])Cc1ccc(Cl)c(Cl)c1.[Na+].c1cnc2c(c1)ccc1cccnc12. The Kier molecular flexibility index (Phi) is 9.82. The third kappa shape index (κ3) is 6.14. The minimum absolute atomic E-state index is 0. The van der Waals surface area contributed by atoms with E-state index in [4.69, 9.17) is 23.2 Å². The van der Waals surface area contributed by atoms with Crippen molar-refractivity contribution in [3.63, 3.8) is 0 Å². The molecule has 5 nitrogen and oxygen atoms in total. The van der Waals surface area contributed by atoms with Crippen molar-refractivity contribution in [3.05, 3.63) is 82.6 Å². The average Bonchev–Trinajstić information content (AvgIpc) is 2.65. The summed E-state index contributed by atoms with van der Waals surface area (Å²) in [6, 6.07) is 16.8. The zero-order valence-corrected chi connectivity index (χ0v) is 18.5. The predicted octanol–water partition coefficient (Wildman–Crippen LogP) is 0.248. The molecule has 0 saturated heterocycles. The first-order chi connectivity index (χ1) is 12.5. The molecule has 8 heteroatoms. The van der Waals surface area contributed by atoms with E-state index in [2.05, 4.69) is 34.2 Å². The van der Waals surface area contributed by atoms with Gasteiger partial charge in [-0.3, -0.25) is 9.97 Å². The molecule has 0 amide bonds. The normalized spacial score (nSPS) is 9.64. The molecule has 4 aromatic rings. The second-order valence-corrected chi connectivity index (χ2v) is 6.33. The number of carboxylic acid groups (broad SMARTS) is 1. The van der Waals surface area contributed by atoms with Crippen LogP contribution in [-0.2, 0) is 11.2 Å². The van der Waals surface area contributed by atoms with Crippen LogP contribution in [-0.4, -0.2) is 21.4 Å². The van der Waals surface area contributed by atoms with Crippen LogP contribution < -0.4 is 34.7 Å². The van der Waals surface area contributed by atoms with E-state index >= 15 is 0 Å². The Bertz CT molecular complexity index is 1040. The first kappa shape index (κ1) is 24.3. The zero-order valence-electron chi connectivity index (χ0n) is 15.0. The van der Waals surface area contributed by atoms with Gasteiger partial charge in [-0.05, 0) is 29.8 Å². The molecular weight excluding hydrogens is 410 g/mol. The molecule has 0 aliphatic carbocycles. The molecule has 0 aliphatic rings. The third-order valence-corrected chi connectivity index (χ3v) is 4.42. The Morgan fingerprint density at radius 3 is 1.86 bits per heavy atom. The van der Waals surface area contributed by atoms with Gasteiger partial charge in [0, 0.05) is 35.6 Å². The van der Waals surface area contributed by atoms with Crippen LogP contribution in [0.3, 0.4) is 0 Å². The summed E-state index contributed by atoms with van der Waals surface area (Å²) in [7, 11) is 0. The van der Waals surface area contributed by atoms with E-state index in [1.54, 1.807) is 24.5 Å². The Morgan fingerprint density at radius 2 is 1.39 bits per heavy atom. The van der Waals surface area contributed by atoms with E-state index in [1.807, 2.05) is 12.1 Å². The molecule has 0 unspecified atom stereocenters. The second kappa shape index (κ2) is 11.3. The molecule has 2 aromatic carbocycles. The molecule has 0 spiro atoms. The van der Waals surface area contributed by atoms with Crippen molar-refractivity contribution in [1.29, 1.82) is 0 Å². The third-order valence-electron chi connectivity index (χ3n) is 3.68. The maximum atomic E-state index is 10.2. The monoisotopic (exact) mass is 424 g/mol. The number of carbonyl (C=O) groups is 1. The molecule has 2 heterocycles. The largest absolute Gasteiger partial charge is 1.00 e. The number of rotatable bonds is 2. The van der Waals surface area contributed by atoms with Crippen LogP contribution in [0.4, 0.5) is 0 Å². The second-order valence-electron chi connectivity index (χ2n) is 5.51. The number of aromatic nitrogens is 2. The van der Waals surface area contributed by atoms with Crippen molar-refractivity contribution < 1.29 is 44.9 Å². The molecule has 0 bridgehead atoms. The Morgan fingerprint density at radius 1 is 0.857 bits per heavy atom. The number of carbonyl (C=O) groups excluding carboxylic acids is 1. The summed E-state index contributed by atoms with van der Waals surface area (Å²) in [4.78, 5) is 18.9. The van der Waals surface area contributed by atoms with Crippen molar-refractivity contribution in [2.24, 2.45) is 0 Å². The van der Waals surface area contributed by atoms with Crippen LogP contribution in [0.25, 0.3) is 21.8 Å². The number of benzene rings is 2. The van der Waals surface area contributed by atoms with Crippen molar-refractivity contribution in [2.75, 3.05) is 0 Å². The fourth-order valence-electron chi connectivity index (χ4n) is 2.50. The van der Waals surface area contributed by atoms with Gasteiger partial charge in [0.25, 0.3) is 0 Å². The van der Waals surface area contributed by atoms with Crippen molar-refractivity contribution in [1.82, 2.24) is 9.97 Å². The van der Waals surface area contributed by atoms with E-state index in [-0.39, 0.29) is 41.5 Å². The minimum Gasteiger partial charge on any atom is -0.550 e. The standard InChI is InChI=1S/C12H8N2.C8H6Cl2O2.Na.H2O/c1-3-9-5-6-10-4-2-8-14-12(10)11(9)13-7-1;9-6-2-1-5(3-7(6)10)4-8(11)12;;/h1-8H;1-3H,4H2,(H,11,12);;1H2/q;;+1;/p-1. The predicted molar refractivity (Wildman–Crippen MR) is 106 cm³/mol. The number of nitrogens with zero attached hydrogens (tertiary/aromatic N) is 2. The molecule has 4 rings (SSSR count). The van der Waals surface area contributed by atoms with Crippen molar-refractivity contribution in [2.45, 2.75) is 6.42 Å². The minimum atomic E-state index is -1.13. The van der Waals surface area contributed by atoms with E-state index in [1.165, 1.54) is 6.07 Å². The molecule has 28 heavy (non-hydrogen) atoms. The van der Waals surface area contributed by atoms with Gasteiger partial charge in [0.1, 0.15) is 0 Å². The molecule has 0 saturated carbocycles. The maximum absolute atomic E-state index is 10.2. The average molecular weight is 425 g/mol. The smallest absolute Gasteiger partial charge is 0.550 e. The van der Waals surface area contributed by atoms with E-state index in [9.17, 15) is 9.90 Å². The van der Waals surface area contributed by atoms with Crippen molar-refractivity contribution in [3.8, 4) is 0 Å². The van der Waals surface area contributed by atoms with Crippen molar-refractivity contribution >= 4 is 51.0 Å². The van der Waals surface area contributed by atoms with Gasteiger partial charge < -0.3 is 15.4 Å². The molecule has 0 aliphatic heterocycles. The molecule has 0 radical (unpaired) electrons. The summed E-state index contributed by atoms with van der Waals surface area (Å²) in [6.07, 6.45) is 3.46. The molecular formula is C20H15Cl2N2NaO3. The Balaban J connectivity index is 0.000000265. The summed E-state index contributed by atoms with van der Waals surface area (Å²) in [5.74, 6) is -1.13.